The first-order chi connectivity index (χ1) is 4.93. The molecular formula is C7H11NO2. The molecule has 1 aliphatic rings. The van der Waals surface area contributed by atoms with E-state index in [9.17, 15) is 0 Å². The highest BCUT2D eigenvalue weighted by molar-refractivity contribution is 5.78. The second-order valence-electron chi connectivity index (χ2n) is 1.93. The van der Waals surface area contributed by atoms with Crippen molar-refractivity contribution in [3.05, 3.63) is 12.7 Å². The highest BCUT2D eigenvalue weighted by atomic mass is 16.5. The molecule has 0 fully saturated rings. The van der Waals surface area contributed by atoms with Crippen molar-refractivity contribution in [3.8, 4) is 0 Å². The van der Waals surface area contributed by atoms with Gasteiger partial charge in [-0.15, -0.1) is 6.58 Å². The molecule has 3 nitrogen and oxygen atoms in total. The maximum Gasteiger partial charge on any atom is 0.210 e. The summed E-state index contributed by atoms with van der Waals surface area (Å²) in [4.78, 5) is 4.04. The van der Waals surface area contributed by atoms with Gasteiger partial charge in [0.15, 0.2) is 0 Å². The van der Waals surface area contributed by atoms with Crippen molar-refractivity contribution in [1.29, 1.82) is 0 Å². The summed E-state index contributed by atoms with van der Waals surface area (Å²) in [5.41, 5.74) is 0. The number of hydrogen-bond donors (Lipinski definition) is 0. The van der Waals surface area contributed by atoms with E-state index in [1.807, 2.05) is 0 Å². The number of aliphatic imine (C=N–C) groups is 1. The van der Waals surface area contributed by atoms with E-state index in [2.05, 4.69) is 11.6 Å². The van der Waals surface area contributed by atoms with Gasteiger partial charge < -0.3 is 9.47 Å². The zero-order valence-corrected chi connectivity index (χ0v) is 5.88. The lowest BCUT2D eigenvalue weighted by Crippen LogP contribution is -2.08. The largest absolute Gasteiger partial charge is 0.477 e. The van der Waals surface area contributed by atoms with Gasteiger partial charge in [0, 0.05) is 0 Å². The van der Waals surface area contributed by atoms with Crippen LogP contribution in [0.2, 0.25) is 0 Å². The lowest BCUT2D eigenvalue weighted by molar-refractivity contribution is 0.182. The first-order valence-electron chi connectivity index (χ1n) is 3.28. The van der Waals surface area contributed by atoms with Crippen LogP contribution >= 0.6 is 0 Å². The van der Waals surface area contributed by atoms with Gasteiger partial charge in [-0.3, -0.25) is 4.99 Å². The molecule has 0 amide bonds. The second kappa shape index (κ2) is 4.06. The highest BCUT2D eigenvalue weighted by Gasteiger charge is 2.05. The fourth-order valence-electron chi connectivity index (χ4n) is 0.696. The van der Waals surface area contributed by atoms with Crippen molar-refractivity contribution in [2.45, 2.75) is 0 Å². The Morgan fingerprint density at radius 2 is 2.70 bits per heavy atom. The van der Waals surface area contributed by atoms with Gasteiger partial charge in [-0.2, -0.15) is 0 Å². The van der Waals surface area contributed by atoms with E-state index < -0.39 is 0 Å². The molecule has 1 heterocycles. The number of ether oxygens (including phenoxy) is 2. The lowest BCUT2D eigenvalue weighted by atomic mass is 10.6. The Bertz CT molecular complexity index is 143. The minimum Gasteiger partial charge on any atom is -0.477 e. The summed E-state index contributed by atoms with van der Waals surface area (Å²) in [7, 11) is 0. The van der Waals surface area contributed by atoms with Gasteiger partial charge in [-0.05, 0) is 0 Å². The predicted octanol–water partition coefficient (Wildman–Crippen LogP) is 0.618. The molecule has 0 aromatic heterocycles. The Labute approximate surface area is 60.4 Å². The van der Waals surface area contributed by atoms with E-state index in [0.717, 1.165) is 6.54 Å². The van der Waals surface area contributed by atoms with Crippen LogP contribution in [0.25, 0.3) is 0 Å². The zero-order chi connectivity index (χ0) is 7.23. The van der Waals surface area contributed by atoms with Crippen LogP contribution in [0.1, 0.15) is 0 Å². The first kappa shape index (κ1) is 7.28. The van der Waals surface area contributed by atoms with Gasteiger partial charge in [0.2, 0.25) is 5.90 Å². The van der Waals surface area contributed by atoms with Gasteiger partial charge in [-0.1, -0.05) is 6.08 Å². The van der Waals surface area contributed by atoms with Crippen LogP contribution in [0.5, 0.6) is 0 Å². The van der Waals surface area contributed by atoms with Crippen molar-refractivity contribution in [1.82, 2.24) is 0 Å². The van der Waals surface area contributed by atoms with E-state index in [-0.39, 0.29) is 0 Å². The molecule has 0 radical (unpaired) electrons. The third-order valence-electron chi connectivity index (χ3n) is 1.11. The normalized spacial score (nSPS) is 16.2. The minimum absolute atomic E-state index is 0.478. The molecule has 56 valence electrons. The Balaban J connectivity index is 2.06. The van der Waals surface area contributed by atoms with Crippen LogP contribution in [-0.2, 0) is 9.47 Å². The molecule has 0 spiro atoms. The second-order valence-corrected chi connectivity index (χ2v) is 1.93. The zero-order valence-electron chi connectivity index (χ0n) is 5.88. The van der Waals surface area contributed by atoms with Crippen molar-refractivity contribution in [3.63, 3.8) is 0 Å². The standard InChI is InChI=1S/C7H11NO2/c1-2-4-9-6-7-8-3-5-10-7/h2H,1,3-6H2. The van der Waals surface area contributed by atoms with Crippen molar-refractivity contribution in [2.24, 2.45) is 4.99 Å². The molecule has 0 saturated carbocycles. The minimum atomic E-state index is 0.478. The molecule has 0 saturated heterocycles. The molecule has 1 aliphatic heterocycles. The molecule has 0 aromatic rings. The van der Waals surface area contributed by atoms with Gasteiger partial charge in [0.1, 0.15) is 13.2 Å². The summed E-state index contributed by atoms with van der Waals surface area (Å²) in [5.74, 6) is 0.710. The highest BCUT2D eigenvalue weighted by Crippen LogP contribution is 1.93. The fourth-order valence-corrected chi connectivity index (χ4v) is 0.696. The van der Waals surface area contributed by atoms with Crippen LogP contribution in [-0.4, -0.2) is 32.3 Å². The Hall–Kier alpha value is -0.830. The Kier molecular flexibility index (Phi) is 2.96. The molecule has 1 rings (SSSR count). The van der Waals surface area contributed by atoms with Crippen LogP contribution in [0.3, 0.4) is 0 Å². The average molecular weight is 141 g/mol. The quantitative estimate of drug-likeness (QED) is 0.424. The third-order valence-corrected chi connectivity index (χ3v) is 1.11. The van der Waals surface area contributed by atoms with Crippen LogP contribution in [0, 0.1) is 0 Å². The van der Waals surface area contributed by atoms with Crippen molar-refractivity contribution >= 4 is 5.90 Å². The van der Waals surface area contributed by atoms with Crippen molar-refractivity contribution in [2.75, 3.05) is 26.4 Å². The molecule has 0 unspecified atom stereocenters. The topological polar surface area (TPSA) is 30.8 Å². The molecule has 0 atom stereocenters. The number of hydrogen-bond acceptors (Lipinski definition) is 3. The lowest BCUT2D eigenvalue weighted by Gasteiger charge is -1.99. The van der Waals surface area contributed by atoms with E-state index >= 15 is 0 Å². The van der Waals surface area contributed by atoms with Crippen LogP contribution in [0.4, 0.5) is 0 Å². The summed E-state index contributed by atoms with van der Waals surface area (Å²) in [6.07, 6.45) is 1.70. The average Bonchev–Trinajstić information content (AvgIpc) is 2.41. The summed E-state index contributed by atoms with van der Waals surface area (Å²) in [6, 6.07) is 0. The molecule has 10 heavy (non-hydrogen) atoms. The van der Waals surface area contributed by atoms with E-state index in [1.165, 1.54) is 0 Å². The van der Waals surface area contributed by atoms with Crippen molar-refractivity contribution < 1.29 is 9.47 Å². The van der Waals surface area contributed by atoms with Crippen LogP contribution < -0.4 is 0 Å². The van der Waals surface area contributed by atoms with Gasteiger partial charge >= 0.3 is 0 Å². The third kappa shape index (κ3) is 2.19. The summed E-state index contributed by atoms with van der Waals surface area (Å²) < 4.78 is 10.2. The maximum absolute atomic E-state index is 5.09. The summed E-state index contributed by atoms with van der Waals surface area (Å²) in [6.45, 7) is 6.03. The van der Waals surface area contributed by atoms with Gasteiger partial charge in [0.25, 0.3) is 0 Å². The molecule has 0 aliphatic carbocycles. The molecule has 0 N–H and O–H groups in total. The Morgan fingerprint density at radius 3 is 3.30 bits per heavy atom. The smallest absolute Gasteiger partial charge is 0.210 e. The number of rotatable bonds is 4. The van der Waals surface area contributed by atoms with E-state index in [0.29, 0.717) is 25.7 Å². The molecular weight excluding hydrogens is 130 g/mol. The van der Waals surface area contributed by atoms with Gasteiger partial charge in [-0.25, -0.2) is 0 Å². The molecule has 0 bridgehead atoms. The maximum atomic E-state index is 5.09. The fraction of sp³-hybridized carbons (Fsp3) is 0.571. The monoisotopic (exact) mass is 141 g/mol. The predicted molar refractivity (Wildman–Crippen MR) is 39.3 cm³/mol. The van der Waals surface area contributed by atoms with Crippen LogP contribution in [0.15, 0.2) is 17.6 Å². The van der Waals surface area contributed by atoms with Gasteiger partial charge in [0.05, 0.1) is 13.2 Å². The summed E-state index contributed by atoms with van der Waals surface area (Å²) in [5, 5.41) is 0. The SMILES string of the molecule is C=CCOCC1=NCCO1. The number of nitrogens with zero attached hydrogens (tertiary/aromatic N) is 1. The molecule has 0 aromatic carbocycles. The Morgan fingerprint density at radius 1 is 1.80 bits per heavy atom. The first-order valence-corrected chi connectivity index (χ1v) is 3.28. The van der Waals surface area contributed by atoms with E-state index in [4.69, 9.17) is 9.47 Å². The van der Waals surface area contributed by atoms with E-state index in [1.54, 1.807) is 6.08 Å². The molecule has 3 heteroatoms. The summed E-state index contributed by atoms with van der Waals surface area (Å²) >= 11 is 0.